The second-order valence-corrected chi connectivity index (χ2v) is 15.4. The summed E-state index contributed by atoms with van der Waals surface area (Å²) in [6.45, 7) is 19.4. The minimum absolute atomic E-state index is 0.0416. The first-order valence-corrected chi connectivity index (χ1v) is 13.5. The fraction of sp³-hybridized carbons (Fsp3) is 0.905. The van der Waals surface area contributed by atoms with Gasteiger partial charge in [0.25, 0.3) is 0 Å². The largest absolute Gasteiger partial charge is 0.443 e. The van der Waals surface area contributed by atoms with Crippen molar-refractivity contribution in [2.24, 2.45) is 5.92 Å². The Bertz CT molecular complexity index is 603. The summed E-state index contributed by atoms with van der Waals surface area (Å²) in [5.41, 5.74) is -0.659. The Kier molecular flexibility index (Phi) is 7.25. The van der Waals surface area contributed by atoms with Crippen molar-refractivity contribution in [1.29, 1.82) is 0 Å². The molecule has 8 heteroatoms. The standard InChI is InChI=1S/C21H39NO6Si/c1-14(28-29(8,9)21(5,6)7)17-15(10-11-16-25-12-13-26-16)22(18(17)23)19(24)27-20(2,3)4/h14-17H,10-13H2,1-9H3/t14-,15-,17-/m1/s1. The molecule has 0 bridgehead atoms. The fourth-order valence-corrected chi connectivity index (χ4v) is 4.95. The number of nitrogens with zero attached hydrogens (tertiary/aromatic N) is 1. The van der Waals surface area contributed by atoms with Crippen molar-refractivity contribution >= 4 is 20.3 Å². The number of ether oxygens (including phenoxy) is 3. The minimum Gasteiger partial charge on any atom is -0.443 e. The predicted molar refractivity (Wildman–Crippen MR) is 113 cm³/mol. The average molecular weight is 430 g/mol. The van der Waals surface area contributed by atoms with E-state index < -0.39 is 20.0 Å². The van der Waals surface area contributed by atoms with Crippen LogP contribution in [0.15, 0.2) is 0 Å². The van der Waals surface area contributed by atoms with Gasteiger partial charge in [0.05, 0.1) is 31.3 Å². The van der Waals surface area contributed by atoms with Gasteiger partial charge in [-0.1, -0.05) is 20.8 Å². The zero-order valence-corrected chi connectivity index (χ0v) is 20.5. The van der Waals surface area contributed by atoms with Crippen LogP contribution >= 0.6 is 0 Å². The van der Waals surface area contributed by atoms with Gasteiger partial charge in [-0.3, -0.25) is 4.79 Å². The summed E-state index contributed by atoms with van der Waals surface area (Å²) < 4.78 is 23.0. The van der Waals surface area contributed by atoms with Gasteiger partial charge < -0.3 is 18.6 Å². The van der Waals surface area contributed by atoms with Gasteiger partial charge in [0.15, 0.2) is 14.6 Å². The minimum atomic E-state index is -2.04. The van der Waals surface area contributed by atoms with E-state index in [1.54, 1.807) is 20.8 Å². The van der Waals surface area contributed by atoms with Crippen molar-refractivity contribution in [2.45, 2.75) is 103 Å². The highest BCUT2D eigenvalue weighted by molar-refractivity contribution is 6.74. The SMILES string of the molecule is C[C@@H](O[Si](C)(C)C(C)(C)C)[C@H]1C(=O)N(C(=O)OC(C)(C)C)[C@@H]1CCC1OCCO1. The van der Waals surface area contributed by atoms with Gasteiger partial charge in [-0.15, -0.1) is 0 Å². The average Bonchev–Trinajstić information content (AvgIpc) is 3.00. The van der Waals surface area contributed by atoms with Crippen molar-refractivity contribution in [2.75, 3.05) is 13.2 Å². The molecule has 0 aliphatic carbocycles. The maximum Gasteiger partial charge on any atom is 0.417 e. The van der Waals surface area contributed by atoms with Crippen molar-refractivity contribution in [3.63, 3.8) is 0 Å². The number of hydrogen-bond acceptors (Lipinski definition) is 6. The molecular formula is C21H39NO6Si. The van der Waals surface area contributed by atoms with Gasteiger partial charge in [-0.05, 0) is 52.2 Å². The smallest absolute Gasteiger partial charge is 0.417 e. The fourth-order valence-electron chi connectivity index (χ4n) is 3.52. The van der Waals surface area contributed by atoms with Crippen LogP contribution in [0.2, 0.25) is 18.1 Å². The molecule has 2 heterocycles. The van der Waals surface area contributed by atoms with E-state index in [4.69, 9.17) is 18.6 Å². The third kappa shape index (κ3) is 5.80. The number of amides is 2. The van der Waals surface area contributed by atoms with Crippen LogP contribution in [0.1, 0.15) is 61.3 Å². The zero-order valence-electron chi connectivity index (χ0n) is 19.5. The zero-order chi connectivity index (χ0) is 22.2. The number of hydrogen-bond donors (Lipinski definition) is 0. The Balaban J connectivity index is 2.13. The summed E-state index contributed by atoms with van der Waals surface area (Å²) in [5.74, 6) is -0.582. The van der Waals surface area contributed by atoms with Gasteiger partial charge in [0.2, 0.25) is 5.91 Å². The van der Waals surface area contributed by atoms with Crippen LogP contribution in [-0.4, -0.2) is 62.5 Å². The van der Waals surface area contributed by atoms with Crippen molar-refractivity contribution in [3.8, 4) is 0 Å². The lowest BCUT2D eigenvalue weighted by atomic mass is 9.81. The highest BCUT2D eigenvalue weighted by Gasteiger charge is 2.55. The molecule has 2 amide bonds. The summed E-state index contributed by atoms with van der Waals surface area (Å²) >= 11 is 0. The lowest BCUT2D eigenvalue weighted by Crippen LogP contribution is -2.67. The van der Waals surface area contributed by atoms with E-state index in [1.807, 2.05) is 6.92 Å². The molecule has 7 nitrogen and oxygen atoms in total. The lowest BCUT2D eigenvalue weighted by molar-refractivity contribution is -0.162. The second-order valence-electron chi connectivity index (χ2n) is 10.6. The Labute approximate surface area is 176 Å². The summed E-state index contributed by atoms with van der Waals surface area (Å²) in [6.07, 6.45) is 0.101. The van der Waals surface area contributed by atoms with E-state index in [9.17, 15) is 9.59 Å². The Morgan fingerprint density at radius 2 is 1.69 bits per heavy atom. The van der Waals surface area contributed by atoms with Crippen molar-refractivity contribution in [3.05, 3.63) is 0 Å². The number of likely N-dealkylation sites (tertiary alicyclic amines) is 1. The normalized spacial score (nSPS) is 25.1. The third-order valence-electron chi connectivity index (χ3n) is 6.04. The van der Waals surface area contributed by atoms with Gasteiger partial charge in [-0.25, -0.2) is 9.69 Å². The summed E-state index contributed by atoms with van der Waals surface area (Å²) in [4.78, 5) is 26.9. The van der Waals surface area contributed by atoms with Crippen LogP contribution in [0.5, 0.6) is 0 Å². The van der Waals surface area contributed by atoms with E-state index in [-0.39, 0.29) is 35.3 Å². The first kappa shape index (κ1) is 24.3. The molecule has 3 atom stereocenters. The van der Waals surface area contributed by atoms with E-state index in [1.165, 1.54) is 4.90 Å². The number of β-lactam (4-membered cyclic amide) rings is 1. The van der Waals surface area contributed by atoms with Crippen LogP contribution in [0, 0.1) is 5.92 Å². The maximum absolute atomic E-state index is 13.0. The lowest BCUT2D eigenvalue weighted by Gasteiger charge is -2.50. The quantitative estimate of drug-likeness (QED) is 0.463. The van der Waals surface area contributed by atoms with Gasteiger partial charge in [-0.2, -0.15) is 0 Å². The van der Waals surface area contributed by atoms with Gasteiger partial charge >= 0.3 is 6.09 Å². The highest BCUT2D eigenvalue weighted by atomic mass is 28.4. The van der Waals surface area contributed by atoms with Crippen molar-refractivity contribution in [1.82, 2.24) is 4.90 Å². The molecule has 0 aromatic heterocycles. The molecule has 0 N–H and O–H groups in total. The van der Waals surface area contributed by atoms with Crippen LogP contribution in [-0.2, 0) is 23.4 Å². The summed E-state index contributed by atoms with van der Waals surface area (Å²) in [6, 6.07) is -0.273. The number of rotatable bonds is 6. The Morgan fingerprint density at radius 3 is 2.17 bits per heavy atom. The molecule has 2 aliphatic heterocycles. The molecule has 2 aliphatic rings. The Hall–Kier alpha value is -0.963. The van der Waals surface area contributed by atoms with Gasteiger partial charge in [0.1, 0.15) is 5.60 Å². The first-order valence-electron chi connectivity index (χ1n) is 10.6. The monoisotopic (exact) mass is 429 g/mol. The third-order valence-corrected chi connectivity index (χ3v) is 10.6. The van der Waals surface area contributed by atoms with Crippen molar-refractivity contribution < 1.29 is 28.2 Å². The molecule has 2 fully saturated rings. The first-order chi connectivity index (χ1) is 13.1. The molecular weight excluding hydrogens is 390 g/mol. The molecule has 0 radical (unpaired) electrons. The van der Waals surface area contributed by atoms with Crippen LogP contribution in [0.4, 0.5) is 4.79 Å². The number of imide groups is 1. The van der Waals surface area contributed by atoms with Crippen LogP contribution in [0.3, 0.4) is 0 Å². The van der Waals surface area contributed by atoms with E-state index >= 15 is 0 Å². The van der Waals surface area contributed by atoms with E-state index in [0.29, 0.717) is 26.1 Å². The maximum atomic E-state index is 13.0. The van der Waals surface area contributed by atoms with E-state index in [2.05, 4.69) is 33.9 Å². The Morgan fingerprint density at radius 1 is 1.14 bits per heavy atom. The molecule has 0 saturated carbocycles. The molecule has 2 rings (SSSR count). The highest BCUT2D eigenvalue weighted by Crippen LogP contribution is 2.41. The van der Waals surface area contributed by atoms with Crippen LogP contribution in [0.25, 0.3) is 0 Å². The topological polar surface area (TPSA) is 74.3 Å². The summed E-state index contributed by atoms with van der Waals surface area (Å²) in [5, 5.41) is 0.0416. The van der Waals surface area contributed by atoms with Gasteiger partial charge in [0, 0.05) is 6.42 Å². The number of carbonyl (C=O) groups is 2. The number of carbonyl (C=O) groups excluding carboxylic acids is 2. The van der Waals surface area contributed by atoms with E-state index in [0.717, 1.165) is 0 Å². The second kappa shape index (κ2) is 8.65. The molecule has 0 aromatic carbocycles. The predicted octanol–water partition coefficient (Wildman–Crippen LogP) is 4.31. The molecule has 29 heavy (non-hydrogen) atoms. The molecule has 0 spiro atoms. The summed E-state index contributed by atoms with van der Waals surface area (Å²) in [7, 11) is -2.04. The van der Waals surface area contributed by atoms with Crippen LogP contribution < -0.4 is 0 Å². The molecule has 0 aromatic rings. The molecule has 0 unspecified atom stereocenters. The molecule has 2 saturated heterocycles. The molecule has 168 valence electrons.